The molecule has 0 unspecified atom stereocenters. The van der Waals surface area contributed by atoms with Gasteiger partial charge in [-0.15, -0.1) is 0 Å². The molecule has 0 saturated heterocycles. The number of aryl methyl sites for hydroxylation is 1. The highest BCUT2D eigenvalue weighted by Gasteiger charge is 2.14. The normalized spacial score (nSPS) is 9.70. The van der Waals surface area contributed by atoms with Crippen LogP contribution in [0.4, 0.5) is 0 Å². The third-order valence-electron chi connectivity index (χ3n) is 1.21. The summed E-state index contributed by atoms with van der Waals surface area (Å²) < 4.78 is 0.414. The van der Waals surface area contributed by atoms with Gasteiger partial charge in [-0.2, -0.15) is 0 Å². The number of hydrogen-bond acceptors (Lipinski definition) is 2. The molecule has 3 N–H and O–H groups in total. The van der Waals surface area contributed by atoms with Crippen molar-refractivity contribution in [2.45, 2.75) is 6.92 Å². The van der Waals surface area contributed by atoms with Crippen LogP contribution < -0.4 is 10.5 Å². The molecule has 1 aromatic rings. The van der Waals surface area contributed by atoms with E-state index in [1.165, 1.54) is 0 Å². The van der Waals surface area contributed by atoms with Crippen LogP contribution in [0.15, 0.2) is 6.33 Å². The van der Waals surface area contributed by atoms with Gasteiger partial charge in [0, 0.05) is 6.92 Å². The van der Waals surface area contributed by atoms with Crippen LogP contribution in [0.25, 0.3) is 0 Å². The summed E-state index contributed by atoms with van der Waals surface area (Å²) in [5, 5.41) is 10.7. The van der Waals surface area contributed by atoms with E-state index in [1.54, 1.807) is 6.92 Å². The highest BCUT2D eigenvalue weighted by molar-refractivity contribution is 5.90. The van der Waals surface area contributed by atoms with Gasteiger partial charge in [-0.05, 0) is 0 Å². The summed E-state index contributed by atoms with van der Waals surface area (Å²) in [4.78, 5) is 13.1. The maximum absolute atomic E-state index is 10.7. The molecule has 0 radical (unpaired) electrons. The van der Waals surface area contributed by atoms with Crippen LogP contribution in [0.5, 0.6) is 0 Å². The molecule has 0 aliphatic rings. The van der Waals surface area contributed by atoms with E-state index in [0.29, 0.717) is 10.4 Å². The van der Waals surface area contributed by atoms with Gasteiger partial charge in [0.15, 0.2) is 5.69 Å². The number of carbonyl (C=O) groups excluding carboxylic acids is 1. The van der Waals surface area contributed by atoms with Crippen LogP contribution in [0.2, 0.25) is 0 Å². The van der Waals surface area contributed by atoms with E-state index in [1.807, 2.05) is 0 Å². The Balaban J connectivity index is 3.23. The Morgan fingerprint density at radius 3 is 2.70 bits per heavy atom. The lowest BCUT2D eigenvalue weighted by atomic mass is 10.3. The number of nitrogens with one attached hydrogen (secondary N) is 1. The van der Waals surface area contributed by atoms with Gasteiger partial charge in [-0.25, -0.2) is 9.71 Å². The second kappa shape index (κ2) is 2.02. The van der Waals surface area contributed by atoms with E-state index in [0.717, 1.165) is 6.33 Å². The van der Waals surface area contributed by atoms with Crippen molar-refractivity contribution in [3.8, 4) is 0 Å². The molecule has 1 aromatic heterocycles. The zero-order valence-electron chi connectivity index (χ0n) is 5.42. The zero-order chi connectivity index (χ0) is 7.72. The molecular formula is C5H7N3O2. The summed E-state index contributed by atoms with van der Waals surface area (Å²) in [6.07, 6.45) is 1.13. The highest BCUT2D eigenvalue weighted by Crippen LogP contribution is 1.94. The van der Waals surface area contributed by atoms with Crippen LogP contribution >= 0.6 is 0 Å². The predicted molar refractivity (Wildman–Crippen MR) is 33.0 cm³/mol. The fourth-order valence-corrected chi connectivity index (χ4v) is 0.747. The Kier molecular flexibility index (Phi) is 1.33. The van der Waals surface area contributed by atoms with Crippen LogP contribution in [0, 0.1) is 12.1 Å². The number of H-pyrrole nitrogens is 1. The summed E-state index contributed by atoms with van der Waals surface area (Å²) in [5.74, 6) is -0.714. The molecule has 0 saturated carbocycles. The number of hydrogen-bond donors (Lipinski definition) is 2. The molecule has 1 rings (SSSR count). The third kappa shape index (κ3) is 0.812. The Hall–Kier alpha value is -1.52. The van der Waals surface area contributed by atoms with E-state index in [4.69, 9.17) is 5.73 Å². The number of primary amides is 1. The standard InChI is InChI=1S/C5H7N3O2/c1-3-4(5(6)9)8(10)2-7-3/h2,7H,1H3,(H2,6,9). The molecule has 10 heavy (non-hydrogen) atoms. The maximum Gasteiger partial charge on any atom is 0.293 e. The second-order valence-corrected chi connectivity index (χ2v) is 1.94. The lowest BCUT2D eigenvalue weighted by molar-refractivity contribution is -0.606. The van der Waals surface area contributed by atoms with E-state index in [-0.39, 0.29) is 5.69 Å². The molecule has 0 fully saturated rings. The summed E-state index contributed by atoms with van der Waals surface area (Å²) in [5.41, 5.74) is 5.34. The van der Waals surface area contributed by atoms with Gasteiger partial charge in [0.05, 0.1) is 0 Å². The molecule has 5 nitrogen and oxygen atoms in total. The molecule has 0 aliphatic heterocycles. The van der Waals surface area contributed by atoms with Crippen molar-refractivity contribution in [1.29, 1.82) is 0 Å². The fourth-order valence-electron chi connectivity index (χ4n) is 0.747. The number of nitrogens with two attached hydrogens (primary N) is 1. The lowest BCUT2D eigenvalue weighted by Crippen LogP contribution is -2.34. The molecular weight excluding hydrogens is 134 g/mol. The first-order chi connectivity index (χ1) is 4.63. The molecule has 0 spiro atoms. The average molecular weight is 141 g/mol. The minimum absolute atomic E-state index is 0.0278. The first kappa shape index (κ1) is 6.60. The van der Waals surface area contributed by atoms with Crippen molar-refractivity contribution in [2.24, 2.45) is 5.73 Å². The van der Waals surface area contributed by atoms with Crippen LogP contribution in [-0.4, -0.2) is 10.9 Å². The minimum atomic E-state index is -0.714. The summed E-state index contributed by atoms with van der Waals surface area (Å²) in [7, 11) is 0. The predicted octanol–water partition coefficient (Wildman–Crippen LogP) is -0.945. The Morgan fingerprint density at radius 2 is 2.50 bits per heavy atom. The highest BCUT2D eigenvalue weighted by atomic mass is 16.5. The van der Waals surface area contributed by atoms with Crippen molar-refractivity contribution in [1.82, 2.24) is 4.98 Å². The summed E-state index contributed by atoms with van der Waals surface area (Å²) in [6, 6.07) is 0. The van der Waals surface area contributed by atoms with Gasteiger partial charge in [-0.1, -0.05) is 0 Å². The van der Waals surface area contributed by atoms with E-state index in [2.05, 4.69) is 4.98 Å². The Bertz CT molecular complexity index is 246. The first-order valence-electron chi connectivity index (χ1n) is 2.70. The molecule has 0 atom stereocenters. The number of nitrogens with zero attached hydrogens (tertiary/aromatic N) is 1. The molecule has 5 heteroatoms. The smallest absolute Gasteiger partial charge is 0.293 e. The monoisotopic (exact) mass is 141 g/mol. The van der Waals surface area contributed by atoms with E-state index < -0.39 is 5.91 Å². The fraction of sp³-hybridized carbons (Fsp3) is 0.200. The van der Waals surface area contributed by atoms with Crippen molar-refractivity contribution in [3.63, 3.8) is 0 Å². The number of rotatable bonds is 1. The van der Waals surface area contributed by atoms with Gasteiger partial charge < -0.3 is 10.9 Å². The van der Waals surface area contributed by atoms with Crippen LogP contribution in [0.1, 0.15) is 16.2 Å². The molecule has 1 heterocycles. The quantitative estimate of drug-likeness (QED) is 0.390. The zero-order valence-corrected chi connectivity index (χ0v) is 5.42. The van der Waals surface area contributed by atoms with Crippen molar-refractivity contribution in [3.05, 3.63) is 22.9 Å². The van der Waals surface area contributed by atoms with Gasteiger partial charge in [0.1, 0.15) is 0 Å². The third-order valence-corrected chi connectivity index (χ3v) is 1.21. The van der Waals surface area contributed by atoms with Crippen molar-refractivity contribution in [2.75, 3.05) is 0 Å². The van der Waals surface area contributed by atoms with Crippen LogP contribution in [0.3, 0.4) is 0 Å². The largest absolute Gasteiger partial charge is 0.710 e. The molecule has 0 bridgehead atoms. The lowest BCUT2D eigenvalue weighted by Gasteiger charge is -1.97. The van der Waals surface area contributed by atoms with Crippen molar-refractivity contribution < 1.29 is 9.52 Å². The number of carbonyl (C=O) groups is 1. The van der Waals surface area contributed by atoms with Crippen molar-refractivity contribution >= 4 is 5.91 Å². The molecule has 1 amide bonds. The second-order valence-electron chi connectivity index (χ2n) is 1.94. The minimum Gasteiger partial charge on any atom is -0.710 e. The van der Waals surface area contributed by atoms with E-state index in [9.17, 15) is 10.0 Å². The number of imidazole rings is 1. The van der Waals surface area contributed by atoms with Gasteiger partial charge in [-0.3, -0.25) is 4.79 Å². The average Bonchev–Trinajstić information content (AvgIpc) is 2.11. The first-order valence-corrected chi connectivity index (χ1v) is 2.70. The van der Waals surface area contributed by atoms with Gasteiger partial charge in [0.2, 0.25) is 12.0 Å². The summed E-state index contributed by atoms with van der Waals surface area (Å²) >= 11 is 0. The number of amides is 1. The van der Waals surface area contributed by atoms with Gasteiger partial charge >= 0.3 is 0 Å². The van der Waals surface area contributed by atoms with Gasteiger partial charge in [0.25, 0.3) is 5.91 Å². The maximum atomic E-state index is 10.7. The number of aromatic amines is 1. The topological polar surface area (TPSA) is 85.8 Å². The molecule has 0 aromatic carbocycles. The number of aromatic nitrogens is 2. The van der Waals surface area contributed by atoms with E-state index >= 15 is 0 Å². The Morgan fingerprint density at radius 1 is 1.90 bits per heavy atom. The van der Waals surface area contributed by atoms with Crippen LogP contribution in [-0.2, 0) is 0 Å². The molecule has 54 valence electrons. The SMILES string of the molecule is Cc1[nH]c[n+]([O-])c1C(N)=O. The Labute approximate surface area is 57.0 Å². The summed E-state index contributed by atoms with van der Waals surface area (Å²) in [6.45, 7) is 1.61. The molecule has 0 aliphatic carbocycles.